The van der Waals surface area contributed by atoms with Crippen molar-refractivity contribution in [2.75, 3.05) is 22.1 Å². The molecule has 1 unspecified atom stereocenters. The van der Waals surface area contributed by atoms with E-state index in [0.717, 1.165) is 12.1 Å². The highest BCUT2D eigenvalue weighted by atomic mass is 19.4. The number of anilines is 3. The van der Waals surface area contributed by atoms with Crippen molar-refractivity contribution in [2.24, 2.45) is 0 Å². The van der Waals surface area contributed by atoms with Crippen LogP contribution in [0.5, 0.6) is 0 Å². The lowest BCUT2D eigenvalue weighted by atomic mass is 10.1. The first kappa shape index (κ1) is 16.2. The number of benzene rings is 2. The van der Waals surface area contributed by atoms with Crippen LogP contribution in [0.4, 0.5) is 35.0 Å². The Bertz CT molecular complexity index is 746. The number of hydrogen-bond acceptors (Lipinski definition) is 2. The smallest absolute Gasteiger partial charge is 0.379 e. The lowest BCUT2D eigenvalue weighted by molar-refractivity contribution is -0.137. The topological polar surface area (TPSA) is 44.4 Å². The monoisotopic (exact) mass is 335 g/mol. The Morgan fingerprint density at radius 3 is 2.58 bits per heavy atom. The van der Waals surface area contributed by atoms with Crippen LogP contribution < -0.4 is 15.5 Å². The number of halogens is 3. The molecule has 0 radical (unpaired) electrons. The summed E-state index contributed by atoms with van der Waals surface area (Å²) in [5.41, 5.74) is 0.527. The Kier molecular flexibility index (Phi) is 4.09. The van der Waals surface area contributed by atoms with Gasteiger partial charge in [0.15, 0.2) is 0 Å². The van der Waals surface area contributed by atoms with Crippen LogP contribution in [0, 0.1) is 0 Å². The quantitative estimate of drug-likeness (QED) is 0.802. The highest BCUT2D eigenvalue weighted by Crippen LogP contribution is 2.38. The molecule has 2 N–H and O–H groups in total. The number of carbonyl (C=O) groups excluding carboxylic acids is 1. The van der Waals surface area contributed by atoms with E-state index in [1.165, 1.54) is 11.0 Å². The second-order valence-corrected chi connectivity index (χ2v) is 5.68. The summed E-state index contributed by atoms with van der Waals surface area (Å²) >= 11 is 0. The van der Waals surface area contributed by atoms with Crippen molar-refractivity contribution < 1.29 is 18.0 Å². The molecule has 2 amide bonds. The summed E-state index contributed by atoms with van der Waals surface area (Å²) in [5.74, 6) is 0. The maximum Gasteiger partial charge on any atom is 0.416 e. The Hall–Kier alpha value is -2.70. The number of nitrogens with one attached hydrogen (secondary N) is 2. The van der Waals surface area contributed by atoms with E-state index in [1.54, 1.807) is 24.3 Å². The second kappa shape index (κ2) is 6.07. The average molecular weight is 335 g/mol. The number of urea groups is 1. The van der Waals surface area contributed by atoms with Gasteiger partial charge in [0, 0.05) is 18.3 Å². The normalized spacial score (nSPS) is 17.0. The molecule has 3 rings (SSSR count). The van der Waals surface area contributed by atoms with E-state index < -0.39 is 17.8 Å². The van der Waals surface area contributed by atoms with Crippen LogP contribution in [-0.2, 0) is 6.18 Å². The zero-order valence-corrected chi connectivity index (χ0v) is 12.9. The second-order valence-electron chi connectivity index (χ2n) is 5.68. The first-order chi connectivity index (χ1) is 11.3. The van der Waals surface area contributed by atoms with Gasteiger partial charge in [-0.05, 0) is 37.3 Å². The lowest BCUT2D eigenvalue weighted by Gasteiger charge is -2.34. The van der Waals surface area contributed by atoms with Gasteiger partial charge in [0.2, 0.25) is 0 Å². The molecule has 0 spiro atoms. The molecule has 7 heteroatoms. The number of rotatable bonds is 1. The molecule has 4 nitrogen and oxygen atoms in total. The molecule has 126 valence electrons. The number of hydrogen-bond donors (Lipinski definition) is 2. The molecular formula is C17H16F3N3O. The van der Waals surface area contributed by atoms with Crippen LogP contribution in [0.3, 0.4) is 0 Å². The maximum atomic E-state index is 13.0. The van der Waals surface area contributed by atoms with Crippen LogP contribution in [0.1, 0.15) is 12.5 Å². The van der Waals surface area contributed by atoms with Gasteiger partial charge in [-0.2, -0.15) is 13.2 Å². The Labute approximate surface area is 137 Å². The zero-order chi connectivity index (χ0) is 17.3. The van der Waals surface area contributed by atoms with Gasteiger partial charge in [0.05, 0.1) is 16.9 Å². The molecule has 0 saturated carbocycles. The SMILES string of the molecule is CC1CN(C(=O)Nc2ccccc2)c2cc(C(F)(F)F)ccc2N1. The molecule has 1 atom stereocenters. The largest absolute Gasteiger partial charge is 0.416 e. The Morgan fingerprint density at radius 1 is 1.21 bits per heavy atom. The zero-order valence-electron chi connectivity index (χ0n) is 12.9. The molecule has 2 aromatic carbocycles. The number of nitrogens with zero attached hydrogens (tertiary/aromatic N) is 1. The number of carbonyl (C=O) groups is 1. The van der Waals surface area contributed by atoms with Crippen molar-refractivity contribution in [1.29, 1.82) is 0 Å². The van der Waals surface area contributed by atoms with Gasteiger partial charge in [-0.1, -0.05) is 18.2 Å². The molecule has 1 heterocycles. The number of para-hydroxylation sites is 1. The molecule has 2 aromatic rings. The van der Waals surface area contributed by atoms with Crippen molar-refractivity contribution in [1.82, 2.24) is 0 Å². The van der Waals surface area contributed by atoms with E-state index in [4.69, 9.17) is 0 Å². The van der Waals surface area contributed by atoms with Crippen molar-refractivity contribution in [3.63, 3.8) is 0 Å². The Balaban J connectivity index is 1.93. The molecule has 0 fully saturated rings. The third-order valence-corrected chi connectivity index (χ3v) is 3.74. The van der Waals surface area contributed by atoms with Crippen molar-refractivity contribution >= 4 is 23.1 Å². The van der Waals surface area contributed by atoms with Crippen LogP contribution in [0.15, 0.2) is 48.5 Å². The number of fused-ring (bicyclic) bond motifs is 1. The fourth-order valence-electron chi connectivity index (χ4n) is 2.64. The van der Waals surface area contributed by atoms with E-state index in [0.29, 0.717) is 11.4 Å². The molecule has 0 bridgehead atoms. The van der Waals surface area contributed by atoms with Crippen molar-refractivity contribution in [3.05, 3.63) is 54.1 Å². The summed E-state index contributed by atoms with van der Waals surface area (Å²) < 4.78 is 38.9. The first-order valence-corrected chi connectivity index (χ1v) is 7.46. The van der Waals surface area contributed by atoms with Crippen molar-refractivity contribution in [2.45, 2.75) is 19.1 Å². The van der Waals surface area contributed by atoms with Gasteiger partial charge in [-0.3, -0.25) is 4.90 Å². The lowest BCUT2D eigenvalue weighted by Crippen LogP contribution is -2.45. The summed E-state index contributed by atoms with van der Waals surface area (Å²) in [5, 5.41) is 5.81. The van der Waals surface area contributed by atoms with Gasteiger partial charge in [-0.25, -0.2) is 4.79 Å². The van der Waals surface area contributed by atoms with Gasteiger partial charge in [-0.15, -0.1) is 0 Å². The van der Waals surface area contributed by atoms with Crippen LogP contribution in [0.2, 0.25) is 0 Å². The molecule has 0 aliphatic carbocycles. The van der Waals surface area contributed by atoms with Gasteiger partial charge < -0.3 is 10.6 Å². The average Bonchev–Trinajstić information content (AvgIpc) is 2.53. The fourth-order valence-corrected chi connectivity index (χ4v) is 2.64. The van der Waals surface area contributed by atoms with E-state index in [9.17, 15) is 18.0 Å². The predicted molar refractivity (Wildman–Crippen MR) is 87.3 cm³/mol. The summed E-state index contributed by atoms with van der Waals surface area (Å²) in [6, 6.07) is 11.6. The van der Waals surface area contributed by atoms with Crippen LogP contribution in [0.25, 0.3) is 0 Å². The minimum absolute atomic E-state index is 0.0734. The number of alkyl halides is 3. The fraction of sp³-hybridized carbons (Fsp3) is 0.235. The van der Waals surface area contributed by atoms with Crippen LogP contribution in [-0.4, -0.2) is 18.6 Å². The summed E-state index contributed by atoms with van der Waals surface area (Å²) in [7, 11) is 0. The highest BCUT2D eigenvalue weighted by molar-refractivity contribution is 6.04. The van der Waals surface area contributed by atoms with Crippen molar-refractivity contribution in [3.8, 4) is 0 Å². The van der Waals surface area contributed by atoms with Gasteiger partial charge in [0.1, 0.15) is 0 Å². The van der Waals surface area contributed by atoms with E-state index >= 15 is 0 Å². The summed E-state index contributed by atoms with van der Waals surface area (Å²) in [4.78, 5) is 13.9. The van der Waals surface area contributed by atoms with E-state index in [2.05, 4.69) is 10.6 Å². The maximum absolute atomic E-state index is 13.0. The third-order valence-electron chi connectivity index (χ3n) is 3.74. The standard InChI is InChI=1S/C17H16F3N3O/c1-11-10-23(16(24)22-13-5-3-2-4-6-13)15-9-12(17(18,19)20)7-8-14(15)21-11/h2-9,11,21H,10H2,1H3,(H,22,24). The Morgan fingerprint density at radius 2 is 1.92 bits per heavy atom. The first-order valence-electron chi connectivity index (χ1n) is 7.46. The predicted octanol–water partition coefficient (Wildman–Crippen LogP) is 4.56. The highest BCUT2D eigenvalue weighted by Gasteiger charge is 2.34. The van der Waals surface area contributed by atoms with E-state index in [1.807, 2.05) is 13.0 Å². The molecule has 0 aromatic heterocycles. The summed E-state index contributed by atoms with van der Waals surface area (Å²) in [6.45, 7) is 2.14. The number of amides is 2. The molecule has 24 heavy (non-hydrogen) atoms. The van der Waals surface area contributed by atoms with Gasteiger partial charge >= 0.3 is 12.2 Å². The van der Waals surface area contributed by atoms with Crippen LogP contribution >= 0.6 is 0 Å². The van der Waals surface area contributed by atoms with Gasteiger partial charge in [0.25, 0.3) is 0 Å². The third kappa shape index (κ3) is 3.29. The molecule has 0 saturated heterocycles. The molecular weight excluding hydrogens is 319 g/mol. The molecule has 1 aliphatic rings. The summed E-state index contributed by atoms with van der Waals surface area (Å²) in [6.07, 6.45) is -4.46. The minimum Gasteiger partial charge on any atom is -0.379 e. The minimum atomic E-state index is -4.46. The van der Waals surface area contributed by atoms with E-state index in [-0.39, 0.29) is 18.3 Å². The molecule has 1 aliphatic heterocycles.